The zero-order valence-corrected chi connectivity index (χ0v) is 21.4. The average molecular weight is 536 g/mol. The lowest BCUT2D eigenvalue weighted by Gasteiger charge is -2.24. The normalized spacial score (nSPS) is 11.3. The van der Waals surface area contributed by atoms with E-state index in [0.717, 1.165) is 23.4 Å². The van der Waals surface area contributed by atoms with Crippen molar-refractivity contribution in [3.8, 4) is 16.9 Å². The molecule has 0 unspecified atom stereocenters. The van der Waals surface area contributed by atoms with Gasteiger partial charge in [-0.25, -0.2) is 9.48 Å². The van der Waals surface area contributed by atoms with Crippen molar-refractivity contribution < 1.29 is 22.8 Å². The predicted octanol–water partition coefficient (Wildman–Crippen LogP) is 6.69. The van der Waals surface area contributed by atoms with Gasteiger partial charge in [0, 0.05) is 23.9 Å². The van der Waals surface area contributed by atoms with Gasteiger partial charge in [0.15, 0.2) is 0 Å². The summed E-state index contributed by atoms with van der Waals surface area (Å²) in [5.41, 5.74) is 1.35. The molecule has 0 aliphatic carbocycles. The van der Waals surface area contributed by atoms with Gasteiger partial charge >= 0.3 is 12.2 Å². The Morgan fingerprint density at radius 3 is 2.21 bits per heavy atom. The number of carbonyl (C=O) groups excluding carboxylic acids is 2. The van der Waals surface area contributed by atoms with Gasteiger partial charge in [0.2, 0.25) is 5.91 Å². The number of anilines is 2. The SMILES string of the molecule is CC(C)CN(CC(=O)Nc1cc(-c2ccccc2)nn1-c1ccccc1)C(=O)Nc1cccc(C(F)(F)F)c1. The van der Waals surface area contributed by atoms with E-state index >= 15 is 0 Å². The summed E-state index contributed by atoms with van der Waals surface area (Å²) >= 11 is 0. The van der Waals surface area contributed by atoms with Gasteiger partial charge in [-0.3, -0.25) is 4.79 Å². The molecule has 202 valence electrons. The van der Waals surface area contributed by atoms with E-state index in [-0.39, 0.29) is 24.7 Å². The van der Waals surface area contributed by atoms with Crippen LogP contribution in [-0.2, 0) is 11.0 Å². The van der Waals surface area contributed by atoms with Crippen molar-refractivity contribution >= 4 is 23.4 Å². The number of alkyl halides is 3. The van der Waals surface area contributed by atoms with Crippen LogP contribution in [0.25, 0.3) is 16.9 Å². The van der Waals surface area contributed by atoms with E-state index in [0.29, 0.717) is 11.5 Å². The minimum Gasteiger partial charge on any atom is -0.315 e. The van der Waals surface area contributed by atoms with Crippen molar-refractivity contribution in [3.63, 3.8) is 0 Å². The molecule has 0 saturated carbocycles. The van der Waals surface area contributed by atoms with Crippen LogP contribution in [0.3, 0.4) is 0 Å². The first-order chi connectivity index (χ1) is 18.6. The first-order valence-corrected chi connectivity index (χ1v) is 12.3. The van der Waals surface area contributed by atoms with Crippen molar-refractivity contribution in [1.82, 2.24) is 14.7 Å². The van der Waals surface area contributed by atoms with Crippen LogP contribution in [-0.4, -0.2) is 39.7 Å². The summed E-state index contributed by atoms with van der Waals surface area (Å²) in [7, 11) is 0. The summed E-state index contributed by atoms with van der Waals surface area (Å²) in [5, 5.41) is 9.99. The molecule has 39 heavy (non-hydrogen) atoms. The van der Waals surface area contributed by atoms with Crippen molar-refractivity contribution in [3.05, 3.63) is 96.6 Å². The number of nitrogens with one attached hydrogen (secondary N) is 2. The Balaban J connectivity index is 1.54. The molecule has 4 rings (SSSR count). The Bertz CT molecular complexity index is 1420. The Morgan fingerprint density at radius 1 is 0.897 bits per heavy atom. The number of benzene rings is 3. The Labute approximate surface area is 224 Å². The van der Waals surface area contributed by atoms with E-state index in [1.54, 1.807) is 10.7 Å². The third kappa shape index (κ3) is 7.25. The summed E-state index contributed by atoms with van der Waals surface area (Å²) in [6.45, 7) is 3.65. The molecule has 3 amide bonds. The zero-order chi connectivity index (χ0) is 28.0. The second-order valence-corrected chi connectivity index (χ2v) is 9.36. The van der Waals surface area contributed by atoms with Crippen LogP contribution in [0.5, 0.6) is 0 Å². The fourth-order valence-corrected chi connectivity index (χ4v) is 3.98. The summed E-state index contributed by atoms with van der Waals surface area (Å²) in [4.78, 5) is 27.4. The molecule has 0 spiro atoms. The Kier molecular flexibility index (Phi) is 8.33. The number of hydrogen-bond donors (Lipinski definition) is 2. The van der Waals surface area contributed by atoms with Crippen LogP contribution in [0.1, 0.15) is 19.4 Å². The van der Waals surface area contributed by atoms with Gasteiger partial charge in [-0.05, 0) is 36.2 Å². The number of aromatic nitrogens is 2. The van der Waals surface area contributed by atoms with E-state index in [1.165, 1.54) is 17.0 Å². The third-order valence-corrected chi connectivity index (χ3v) is 5.70. The molecule has 0 aliphatic heterocycles. The molecule has 7 nitrogen and oxygen atoms in total. The standard InChI is InChI=1S/C29H28F3N5O2/c1-20(2)18-36(28(39)33-23-13-9-12-22(16-23)29(30,31)32)19-27(38)34-26-17-25(21-10-5-3-6-11-21)35-37(26)24-14-7-4-8-15-24/h3-17,20H,18-19H2,1-2H3,(H,33,39)(H,34,38). The number of hydrogen-bond acceptors (Lipinski definition) is 3. The van der Waals surface area contributed by atoms with Crippen LogP contribution in [0.15, 0.2) is 91.0 Å². The molecule has 0 atom stereocenters. The van der Waals surface area contributed by atoms with E-state index in [2.05, 4.69) is 15.7 Å². The lowest BCUT2D eigenvalue weighted by Crippen LogP contribution is -2.42. The maximum Gasteiger partial charge on any atom is 0.416 e. The minimum atomic E-state index is -4.54. The minimum absolute atomic E-state index is 0.00425. The smallest absolute Gasteiger partial charge is 0.315 e. The lowest BCUT2D eigenvalue weighted by atomic mass is 10.1. The number of halogens is 3. The quantitative estimate of drug-likeness (QED) is 0.264. The molecule has 0 aliphatic rings. The highest BCUT2D eigenvalue weighted by molar-refractivity contribution is 5.97. The molecule has 1 aromatic heterocycles. The molecule has 2 N–H and O–H groups in total. The van der Waals surface area contributed by atoms with Gasteiger partial charge in [0.1, 0.15) is 12.4 Å². The van der Waals surface area contributed by atoms with Gasteiger partial charge in [-0.2, -0.15) is 18.3 Å². The van der Waals surface area contributed by atoms with Crippen molar-refractivity contribution in [2.24, 2.45) is 5.92 Å². The third-order valence-electron chi connectivity index (χ3n) is 5.70. The van der Waals surface area contributed by atoms with Gasteiger partial charge in [-0.15, -0.1) is 0 Å². The molecule has 0 bridgehead atoms. The first kappa shape index (κ1) is 27.4. The molecule has 3 aromatic carbocycles. The molecule has 1 heterocycles. The van der Waals surface area contributed by atoms with E-state index < -0.39 is 23.7 Å². The largest absolute Gasteiger partial charge is 0.416 e. The summed E-state index contributed by atoms with van der Waals surface area (Å²) < 4.78 is 40.9. The number of rotatable bonds is 8. The fourth-order valence-electron chi connectivity index (χ4n) is 3.98. The number of amides is 3. The van der Waals surface area contributed by atoms with E-state index in [9.17, 15) is 22.8 Å². The fraction of sp³-hybridized carbons (Fsp3) is 0.207. The summed E-state index contributed by atoms with van der Waals surface area (Å²) in [6, 6.07) is 24.2. The van der Waals surface area contributed by atoms with Crippen LogP contribution in [0, 0.1) is 5.92 Å². The molecule has 10 heteroatoms. The summed E-state index contributed by atoms with van der Waals surface area (Å²) in [6.07, 6.45) is -4.54. The Hall–Kier alpha value is -4.60. The lowest BCUT2D eigenvalue weighted by molar-refractivity contribution is -0.137. The molecule has 0 fully saturated rings. The van der Waals surface area contributed by atoms with Crippen molar-refractivity contribution in [1.29, 1.82) is 0 Å². The second-order valence-electron chi connectivity index (χ2n) is 9.36. The maximum atomic E-state index is 13.2. The number of para-hydroxylation sites is 1. The number of nitrogens with zero attached hydrogens (tertiary/aromatic N) is 3. The van der Waals surface area contributed by atoms with E-state index in [4.69, 9.17) is 0 Å². The van der Waals surface area contributed by atoms with Gasteiger partial charge in [-0.1, -0.05) is 68.4 Å². The molecular weight excluding hydrogens is 507 g/mol. The topological polar surface area (TPSA) is 79.3 Å². The number of urea groups is 1. The summed E-state index contributed by atoms with van der Waals surface area (Å²) in [5.74, 6) is -0.0658. The van der Waals surface area contributed by atoms with Crippen LogP contribution >= 0.6 is 0 Å². The van der Waals surface area contributed by atoms with Crippen LogP contribution in [0.4, 0.5) is 29.5 Å². The highest BCUT2D eigenvalue weighted by Crippen LogP contribution is 2.31. The van der Waals surface area contributed by atoms with Crippen LogP contribution < -0.4 is 10.6 Å². The predicted molar refractivity (Wildman–Crippen MR) is 145 cm³/mol. The average Bonchev–Trinajstić information content (AvgIpc) is 3.32. The highest BCUT2D eigenvalue weighted by Gasteiger charge is 2.30. The van der Waals surface area contributed by atoms with Gasteiger partial charge in [0.05, 0.1) is 16.9 Å². The zero-order valence-electron chi connectivity index (χ0n) is 21.4. The molecular formula is C29H28F3N5O2. The van der Waals surface area contributed by atoms with E-state index in [1.807, 2.05) is 74.5 Å². The molecule has 4 aromatic rings. The number of carbonyl (C=O) groups is 2. The van der Waals surface area contributed by atoms with Gasteiger partial charge < -0.3 is 15.5 Å². The monoisotopic (exact) mass is 535 g/mol. The maximum absolute atomic E-state index is 13.2. The van der Waals surface area contributed by atoms with Crippen molar-refractivity contribution in [2.45, 2.75) is 20.0 Å². The second kappa shape index (κ2) is 11.8. The Morgan fingerprint density at radius 2 is 1.56 bits per heavy atom. The highest BCUT2D eigenvalue weighted by atomic mass is 19.4. The van der Waals surface area contributed by atoms with Crippen molar-refractivity contribution in [2.75, 3.05) is 23.7 Å². The van der Waals surface area contributed by atoms with Gasteiger partial charge in [0.25, 0.3) is 0 Å². The van der Waals surface area contributed by atoms with Crippen LogP contribution in [0.2, 0.25) is 0 Å². The molecule has 0 radical (unpaired) electrons. The molecule has 0 saturated heterocycles. The first-order valence-electron chi connectivity index (χ1n) is 12.3.